The van der Waals surface area contributed by atoms with Crippen molar-refractivity contribution in [3.63, 3.8) is 0 Å². The van der Waals surface area contributed by atoms with Gasteiger partial charge in [0.2, 0.25) is 0 Å². The van der Waals surface area contributed by atoms with E-state index in [4.69, 9.17) is 14.2 Å². The molecule has 0 aromatic carbocycles. The smallest absolute Gasteiger partial charge is 0.344 e. The molecular formula is C21H32O8. The molecule has 0 spiro atoms. The van der Waals surface area contributed by atoms with Gasteiger partial charge in [-0.2, -0.15) is 0 Å². The van der Waals surface area contributed by atoms with Crippen LogP contribution in [0.3, 0.4) is 0 Å². The van der Waals surface area contributed by atoms with E-state index in [9.17, 15) is 24.6 Å². The summed E-state index contributed by atoms with van der Waals surface area (Å²) in [6.07, 6.45) is 2.93. The van der Waals surface area contributed by atoms with Crippen LogP contribution in [-0.4, -0.2) is 58.1 Å². The molecule has 0 radical (unpaired) electrons. The van der Waals surface area contributed by atoms with E-state index >= 15 is 0 Å². The van der Waals surface area contributed by atoms with Crippen molar-refractivity contribution < 1.29 is 38.8 Å². The Kier molecular flexibility index (Phi) is 5.49. The van der Waals surface area contributed by atoms with Crippen molar-refractivity contribution in [2.45, 2.75) is 83.0 Å². The summed E-state index contributed by atoms with van der Waals surface area (Å²) in [5, 5.41) is 21.8. The molecule has 0 aliphatic heterocycles. The maximum absolute atomic E-state index is 12.4. The molecule has 5 unspecified atom stereocenters. The van der Waals surface area contributed by atoms with E-state index in [1.165, 1.54) is 0 Å². The number of hydrogen-bond acceptors (Lipinski definition) is 8. The van der Waals surface area contributed by atoms with Crippen molar-refractivity contribution in [3.8, 4) is 0 Å². The molecule has 0 saturated heterocycles. The highest BCUT2D eigenvalue weighted by atomic mass is 16.6. The molecule has 29 heavy (non-hydrogen) atoms. The molecule has 4 fully saturated rings. The monoisotopic (exact) mass is 412 g/mol. The molecule has 8 nitrogen and oxygen atoms in total. The summed E-state index contributed by atoms with van der Waals surface area (Å²) >= 11 is 0. The first-order valence-electron chi connectivity index (χ1n) is 10.3. The van der Waals surface area contributed by atoms with E-state index in [-0.39, 0.29) is 18.3 Å². The first-order chi connectivity index (χ1) is 13.3. The normalized spacial score (nSPS) is 37.9. The van der Waals surface area contributed by atoms with Gasteiger partial charge in [-0.05, 0) is 45.4 Å². The number of rotatable bonds is 7. The van der Waals surface area contributed by atoms with Crippen LogP contribution in [0.4, 0.5) is 0 Å². The van der Waals surface area contributed by atoms with Crippen LogP contribution in [0.15, 0.2) is 0 Å². The molecule has 0 amide bonds. The van der Waals surface area contributed by atoms with Crippen LogP contribution < -0.4 is 0 Å². The van der Waals surface area contributed by atoms with Crippen LogP contribution in [0.2, 0.25) is 0 Å². The summed E-state index contributed by atoms with van der Waals surface area (Å²) in [6.45, 7) is 5.94. The highest BCUT2D eigenvalue weighted by Crippen LogP contribution is 2.63. The van der Waals surface area contributed by atoms with Gasteiger partial charge in [-0.3, -0.25) is 4.79 Å². The fourth-order valence-electron chi connectivity index (χ4n) is 5.44. The molecule has 4 rings (SSSR count). The number of aliphatic hydroxyl groups is 2. The topological polar surface area (TPSA) is 119 Å². The zero-order valence-corrected chi connectivity index (χ0v) is 17.7. The standard InChI is InChI=1S/C21H32O8/c1-5-18(3,4)17(24)28-9-15(22)27-10-16(23)29-21-8-14-6-19(25,12-21)11-20(26,7-14)13(21)2/h13-14,25-26H,5-12H2,1-4H3. The Hall–Kier alpha value is -1.67. The van der Waals surface area contributed by atoms with Crippen molar-refractivity contribution in [3.05, 3.63) is 0 Å². The van der Waals surface area contributed by atoms with Crippen LogP contribution in [0.5, 0.6) is 0 Å². The molecule has 4 aliphatic rings. The minimum atomic E-state index is -1.05. The van der Waals surface area contributed by atoms with Gasteiger partial charge in [-0.1, -0.05) is 13.8 Å². The number of hydrogen-bond donors (Lipinski definition) is 2. The second-order valence-electron chi connectivity index (χ2n) is 9.89. The SMILES string of the molecule is CCC(C)(C)C(=O)OCC(=O)OCC(=O)OC12CC3CC(O)(CC(O)(C3)C1C)C2. The van der Waals surface area contributed by atoms with E-state index in [1.54, 1.807) is 13.8 Å². The van der Waals surface area contributed by atoms with E-state index in [0.29, 0.717) is 32.1 Å². The molecular weight excluding hydrogens is 380 g/mol. The zero-order chi connectivity index (χ0) is 21.7. The molecule has 5 atom stereocenters. The lowest BCUT2D eigenvalue weighted by atomic mass is 9.46. The van der Waals surface area contributed by atoms with Gasteiger partial charge in [-0.25, -0.2) is 9.59 Å². The van der Waals surface area contributed by atoms with E-state index in [0.717, 1.165) is 0 Å². The largest absolute Gasteiger partial charge is 0.456 e. The maximum atomic E-state index is 12.4. The van der Waals surface area contributed by atoms with Crippen molar-refractivity contribution in [2.24, 2.45) is 17.3 Å². The number of esters is 3. The number of carbonyl (C=O) groups excluding carboxylic acids is 3. The maximum Gasteiger partial charge on any atom is 0.344 e. The Bertz CT molecular complexity index is 703. The average molecular weight is 412 g/mol. The first kappa shape index (κ1) is 22.0. The Morgan fingerprint density at radius 1 is 1.00 bits per heavy atom. The summed E-state index contributed by atoms with van der Waals surface area (Å²) in [6, 6.07) is 0. The Labute approximate surface area is 170 Å². The van der Waals surface area contributed by atoms with Gasteiger partial charge in [0.1, 0.15) is 5.60 Å². The Morgan fingerprint density at radius 2 is 1.66 bits per heavy atom. The number of ether oxygens (including phenoxy) is 3. The van der Waals surface area contributed by atoms with Crippen LogP contribution in [0.25, 0.3) is 0 Å². The second-order valence-corrected chi connectivity index (χ2v) is 9.89. The van der Waals surface area contributed by atoms with Gasteiger partial charge in [0, 0.05) is 18.8 Å². The second kappa shape index (κ2) is 7.23. The van der Waals surface area contributed by atoms with Gasteiger partial charge in [0.05, 0.1) is 16.6 Å². The molecule has 0 aromatic heterocycles. The molecule has 4 aliphatic carbocycles. The first-order valence-corrected chi connectivity index (χ1v) is 10.3. The predicted molar refractivity (Wildman–Crippen MR) is 100 cm³/mol. The molecule has 8 heteroatoms. The minimum absolute atomic E-state index is 0.0976. The minimum Gasteiger partial charge on any atom is -0.456 e. The molecule has 2 N–H and O–H groups in total. The van der Waals surface area contributed by atoms with Gasteiger partial charge in [-0.15, -0.1) is 0 Å². The lowest BCUT2D eigenvalue weighted by molar-refractivity contribution is -0.290. The third kappa shape index (κ3) is 4.14. The van der Waals surface area contributed by atoms with Crippen molar-refractivity contribution in [1.29, 1.82) is 0 Å². The molecule has 0 heterocycles. The van der Waals surface area contributed by atoms with Gasteiger partial charge >= 0.3 is 17.9 Å². The third-order valence-electron chi connectivity index (χ3n) is 7.23. The van der Waals surface area contributed by atoms with Crippen LogP contribution in [0, 0.1) is 17.3 Å². The van der Waals surface area contributed by atoms with Crippen molar-refractivity contribution in [2.75, 3.05) is 13.2 Å². The fourth-order valence-corrected chi connectivity index (χ4v) is 5.44. The van der Waals surface area contributed by atoms with E-state index in [2.05, 4.69) is 0 Å². The molecule has 4 bridgehead atoms. The van der Waals surface area contributed by atoms with E-state index in [1.807, 2.05) is 13.8 Å². The van der Waals surface area contributed by atoms with Crippen molar-refractivity contribution >= 4 is 17.9 Å². The van der Waals surface area contributed by atoms with Crippen molar-refractivity contribution in [1.82, 2.24) is 0 Å². The molecule has 164 valence electrons. The lowest BCUT2D eigenvalue weighted by Crippen LogP contribution is -2.71. The summed E-state index contributed by atoms with van der Waals surface area (Å²) in [5.74, 6) is -2.30. The van der Waals surface area contributed by atoms with Gasteiger partial charge in [0.25, 0.3) is 0 Å². The Balaban J connectivity index is 1.52. The zero-order valence-electron chi connectivity index (χ0n) is 17.7. The highest BCUT2D eigenvalue weighted by Gasteiger charge is 2.68. The van der Waals surface area contributed by atoms with Gasteiger partial charge in [0.15, 0.2) is 13.2 Å². The predicted octanol–water partition coefficient (Wildman–Crippen LogP) is 1.50. The number of carbonyl (C=O) groups is 3. The quantitative estimate of drug-likeness (QED) is 0.477. The summed E-state index contributed by atoms with van der Waals surface area (Å²) in [7, 11) is 0. The van der Waals surface area contributed by atoms with Crippen LogP contribution in [0.1, 0.15) is 66.2 Å². The van der Waals surface area contributed by atoms with Crippen LogP contribution >= 0.6 is 0 Å². The third-order valence-corrected chi connectivity index (χ3v) is 7.23. The lowest BCUT2D eigenvalue weighted by Gasteiger charge is -2.65. The van der Waals surface area contributed by atoms with Crippen LogP contribution in [-0.2, 0) is 28.6 Å². The highest BCUT2D eigenvalue weighted by molar-refractivity contribution is 5.81. The van der Waals surface area contributed by atoms with E-state index < -0.39 is 53.3 Å². The summed E-state index contributed by atoms with van der Waals surface area (Å²) < 4.78 is 15.5. The summed E-state index contributed by atoms with van der Waals surface area (Å²) in [5.41, 5.74) is -3.73. The summed E-state index contributed by atoms with van der Waals surface area (Å²) in [4.78, 5) is 36.1. The molecule has 4 saturated carbocycles. The fraction of sp³-hybridized carbons (Fsp3) is 0.857. The molecule has 0 aromatic rings. The van der Waals surface area contributed by atoms with Gasteiger partial charge < -0.3 is 24.4 Å². The average Bonchev–Trinajstić information content (AvgIpc) is 2.60. The Morgan fingerprint density at radius 3 is 2.28 bits per heavy atom.